The van der Waals surface area contributed by atoms with Crippen molar-refractivity contribution in [3.8, 4) is 0 Å². The first-order valence-electron chi connectivity index (χ1n) is 5.97. The smallest absolute Gasteiger partial charge is 0.370 e. The predicted molar refractivity (Wildman–Crippen MR) is 66.0 cm³/mol. The largest absolute Gasteiger partial charge is 0.389 e. The van der Waals surface area contributed by atoms with Crippen molar-refractivity contribution in [2.45, 2.75) is 25.9 Å². The lowest BCUT2D eigenvalue weighted by atomic mass is 10.2. The molecule has 19 heavy (non-hydrogen) atoms. The SMILES string of the molecule is CCNc1cc(C(=O)NCCCC(F)(F)F)ccn1. The molecule has 0 unspecified atom stereocenters. The van der Waals surface area contributed by atoms with Gasteiger partial charge in [-0.1, -0.05) is 0 Å². The van der Waals surface area contributed by atoms with Crippen LogP contribution < -0.4 is 10.6 Å². The Kier molecular flexibility index (Phi) is 5.59. The molecule has 0 bridgehead atoms. The van der Waals surface area contributed by atoms with E-state index in [0.29, 0.717) is 17.9 Å². The summed E-state index contributed by atoms with van der Waals surface area (Å²) in [5, 5.41) is 5.40. The molecule has 0 atom stereocenters. The zero-order chi connectivity index (χ0) is 14.3. The van der Waals surface area contributed by atoms with Crippen LogP contribution in [0.15, 0.2) is 18.3 Å². The summed E-state index contributed by atoms with van der Waals surface area (Å²) in [6, 6.07) is 3.07. The van der Waals surface area contributed by atoms with Crippen molar-refractivity contribution in [2.75, 3.05) is 18.4 Å². The van der Waals surface area contributed by atoms with Gasteiger partial charge in [0.1, 0.15) is 5.82 Å². The van der Waals surface area contributed by atoms with Gasteiger partial charge in [-0.05, 0) is 25.5 Å². The van der Waals surface area contributed by atoms with Crippen LogP contribution in [-0.4, -0.2) is 30.2 Å². The molecule has 1 heterocycles. The van der Waals surface area contributed by atoms with Crippen LogP contribution in [-0.2, 0) is 0 Å². The monoisotopic (exact) mass is 275 g/mol. The van der Waals surface area contributed by atoms with Gasteiger partial charge in [-0.2, -0.15) is 13.2 Å². The van der Waals surface area contributed by atoms with Gasteiger partial charge in [-0.25, -0.2) is 4.98 Å². The molecule has 1 amide bonds. The van der Waals surface area contributed by atoms with E-state index in [1.807, 2.05) is 6.92 Å². The fraction of sp³-hybridized carbons (Fsp3) is 0.500. The van der Waals surface area contributed by atoms with Crippen LogP contribution in [0.4, 0.5) is 19.0 Å². The van der Waals surface area contributed by atoms with Gasteiger partial charge in [0.2, 0.25) is 0 Å². The molecule has 2 N–H and O–H groups in total. The summed E-state index contributed by atoms with van der Waals surface area (Å²) < 4.78 is 35.7. The van der Waals surface area contributed by atoms with Crippen molar-refractivity contribution in [2.24, 2.45) is 0 Å². The fourth-order valence-electron chi connectivity index (χ4n) is 1.44. The van der Waals surface area contributed by atoms with Crippen molar-refractivity contribution in [1.29, 1.82) is 0 Å². The quantitative estimate of drug-likeness (QED) is 0.785. The van der Waals surface area contributed by atoms with E-state index >= 15 is 0 Å². The molecule has 0 radical (unpaired) electrons. The summed E-state index contributed by atoms with van der Waals surface area (Å²) >= 11 is 0. The highest BCUT2D eigenvalue weighted by Crippen LogP contribution is 2.20. The van der Waals surface area contributed by atoms with Gasteiger partial charge < -0.3 is 10.6 Å². The maximum Gasteiger partial charge on any atom is 0.389 e. The number of alkyl halides is 3. The number of hydrogen-bond donors (Lipinski definition) is 2. The maximum atomic E-state index is 11.9. The van der Waals surface area contributed by atoms with Gasteiger partial charge in [0, 0.05) is 31.3 Å². The lowest BCUT2D eigenvalue weighted by molar-refractivity contribution is -0.135. The van der Waals surface area contributed by atoms with Crippen LogP contribution in [0.1, 0.15) is 30.1 Å². The van der Waals surface area contributed by atoms with Crippen molar-refractivity contribution >= 4 is 11.7 Å². The van der Waals surface area contributed by atoms with Gasteiger partial charge in [0.15, 0.2) is 0 Å². The van der Waals surface area contributed by atoms with Gasteiger partial charge in [0.25, 0.3) is 5.91 Å². The zero-order valence-corrected chi connectivity index (χ0v) is 10.5. The molecule has 4 nitrogen and oxygen atoms in total. The summed E-state index contributed by atoms with van der Waals surface area (Å²) in [7, 11) is 0. The minimum atomic E-state index is -4.18. The topological polar surface area (TPSA) is 54.0 Å². The van der Waals surface area contributed by atoms with Gasteiger partial charge >= 0.3 is 6.18 Å². The van der Waals surface area contributed by atoms with Gasteiger partial charge in [0.05, 0.1) is 0 Å². The van der Waals surface area contributed by atoms with E-state index in [2.05, 4.69) is 15.6 Å². The Morgan fingerprint density at radius 1 is 1.42 bits per heavy atom. The maximum absolute atomic E-state index is 11.9. The van der Waals surface area contributed by atoms with Crippen LogP contribution in [0.25, 0.3) is 0 Å². The first kappa shape index (κ1) is 15.3. The molecule has 1 aromatic rings. The summed E-state index contributed by atoms with van der Waals surface area (Å²) in [6.07, 6.45) is -3.73. The lowest BCUT2D eigenvalue weighted by Gasteiger charge is -2.08. The zero-order valence-electron chi connectivity index (χ0n) is 10.5. The number of anilines is 1. The third-order valence-electron chi connectivity index (χ3n) is 2.30. The van der Waals surface area contributed by atoms with Crippen LogP contribution in [0, 0.1) is 0 Å². The molecule has 0 aliphatic heterocycles. The number of carbonyl (C=O) groups excluding carboxylic acids is 1. The van der Waals surface area contributed by atoms with Crippen LogP contribution in [0.2, 0.25) is 0 Å². The average Bonchev–Trinajstić information content (AvgIpc) is 2.34. The standard InChI is InChI=1S/C12H16F3N3O/c1-2-16-10-8-9(4-7-17-10)11(19)18-6-3-5-12(13,14)15/h4,7-8H,2-3,5-6H2,1H3,(H,16,17)(H,18,19). The Morgan fingerprint density at radius 2 is 2.16 bits per heavy atom. The van der Waals surface area contributed by atoms with Crippen molar-refractivity contribution in [1.82, 2.24) is 10.3 Å². The second kappa shape index (κ2) is 6.96. The highest BCUT2D eigenvalue weighted by atomic mass is 19.4. The van der Waals surface area contributed by atoms with Crippen LogP contribution in [0.3, 0.4) is 0 Å². The number of rotatable bonds is 6. The summed E-state index contributed by atoms with van der Waals surface area (Å²) in [4.78, 5) is 15.7. The van der Waals surface area contributed by atoms with E-state index in [0.717, 1.165) is 0 Å². The second-order valence-electron chi connectivity index (χ2n) is 3.93. The Bertz CT molecular complexity index is 421. The third-order valence-corrected chi connectivity index (χ3v) is 2.30. The Morgan fingerprint density at radius 3 is 2.79 bits per heavy atom. The summed E-state index contributed by atoms with van der Waals surface area (Å²) in [5.41, 5.74) is 0.373. The number of carbonyl (C=O) groups is 1. The Labute approximate surface area is 109 Å². The molecular formula is C12H16F3N3O. The van der Waals surface area contributed by atoms with E-state index in [-0.39, 0.29) is 13.0 Å². The molecule has 0 spiro atoms. The number of pyridine rings is 1. The molecule has 1 rings (SSSR count). The normalized spacial score (nSPS) is 11.2. The summed E-state index contributed by atoms with van der Waals surface area (Å²) in [5.74, 6) is 0.161. The first-order chi connectivity index (χ1) is 8.92. The lowest BCUT2D eigenvalue weighted by Crippen LogP contribution is -2.25. The minimum absolute atomic E-state index is 0.00277. The van der Waals surface area contributed by atoms with Crippen LogP contribution in [0.5, 0.6) is 0 Å². The number of nitrogens with one attached hydrogen (secondary N) is 2. The third kappa shape index (κ3) is 6.08. The van der Waals surface area contributed by atoms with E-state index in [1.165, 1.54) is 12.3 Å². The number of amides is 1. The van der Waals surface area contributed by atoms with E-state index in [9.17, 15) is 18.0 Å². The molecule has 0 fully saturated rings. The molecule has 106 valence electrons. The van der Waals surface area contributed by atoms with Gasteiger partial charge in [-0.3, -0.25) is 4.79 Å². The molecule has 7 heteroatoms. The highest BCUT2D eigenvalue weighted by Gasteiger charge is 2.25. The number of aromatic nitrogens is 1. The molecule has 0 aliphatic rings. The number of hydrogen-bond acceptors (Lipinski definition) is 3. The Hall–Kier alpha value is -1.79. The highest BCUT2D eigenvalue weighted by molar-refractivity contribution is 5.94. The van der Waals surface area contributed by atoms with E-state index in [1.54, 1.807) is 6.07 Å². The van der Waals surface area contributed by atoms with Crippen molar-refractivity contribution < 1.29 is 18.0 Å². The summed E-state index contributed by atoms with van der Waals surface area (Å²) in [6.45, 7) is 2.56. The van der Waals surface area contributed by atoms with E-state index < -0.39 is 18.5 Å². The molecule has 0 aromatic carbocycles. The molecule has 0 saturated heterocycles. The second-order valence-corrected chi connectivity index (χ2v) is 3.93. The molecule has 0 aliphatic carbocycles. The predicted octanol–water partition coefficient (Wildman–Crippen LogP) is 2.59. The number of halogens is 3. The van der Waals surface area contributed by atoms with Crippen molar-refractivity contribution in [3.63, 3.8) is 0 Å². The van der Waals surface area contributed by atoms with Crippen LogP contribution >= 0.6 is 0 Å². The van der Waals surface area contributed by atoms with Gasteiger partial charge in [-0.15, -0.1) is 0 Å². The first-order valence-corrected chi connectivity index (χ1v) is 5.97. The van der Waals surface area contributed by atoms with Crippen molar-refractivity contribution in [3.05, 3.63) is 23.9 Å². The van der Waals surface area contributed by atoms with E-state index in [4.69, 9.17) is 0 Å². The Balaban J connectivity index is 2.43. The molecule has 0 saturated carbocycles. The molecule has 1 aromatic heterocycles. The molecular weight excluding hydrogens is 259 g/mol. The average molecular weight is 275 g/mol. The minimum Gasteiger partial charge on any atom is -0.370 e. The fourth-order valence-corrected chi connectivity index (χ4v) is 1.44. The number of nitrogens with zero attached hydrogens (tertiary/aromatic N) is 1.